The molecule has 0 aromatic carbocycles. The van der Waals surface area contributed by atoms with Crippen molar-refractivity contribution in [2.75, 3.05) is 6.61 Å². The van der Waals surface area contributed by atoms with Gasteiger partial charge in [0, 0.05) is 0 Å². The van der Waals surface area contributed by atoms with Crippen LogP contribution in [0.3, 0.4) is 0 Å². The molecule has 90 valence electrons. The van der Waals surface area contributed by atoms with Gasteiger partial charge in [0.25, 0.3) is 0 Å². The first-order valence-corrected chi connectivity index (χ1v) is 5.67. The fourth-order valence-electron chi connectivity index (χ4n) is 1.76. The number of ether oxygens (including phenoxy) is 1. The first-order chi connectivity index (χ1) is 6.82. The molecule has 0 aliphatic carbocycles. The maximum absolute atomic E-state index is 9.88. The Morgan fingerprint density at radius 1 is 1.27 bits per heavy atom. The van der Waals surface area contributed by atoms with Crippen molar-refractivity contribution in [1.29, 1.82) is 0 Å². The zero-order valence-electron chi connectivity index (χ0n) is 11.1. The maximum Gasteiger partial charge on any atom is 0.116 e. The second-order valence-corrected chi connectivity index (χ2v) is 4.47. The third-order valence-electron chi connectivity index (χ3n) is 2.46. The Hall–Kier alpha value is -0.540. The monoisotopic (exact) mass is 215 g/mol. The number of rotatable bonds is 2. The molecular weight excluding hydrogens is 190 g/mol. The molecule has 1 rings (SSSR count). The summed E-state index contributed by atoms with van der Waals surface area (Å²) in [5.74, 6) is 0.850. The van der Waals surface area contributed by atoms with E-state index in [2.05, 4.69) is 0 Å². The van der Waals surface area contributed by atoms with E-state index < -0.39 is 5.54 Å². The van der Waals surface area contributed by atoms with Crippen LogP contribution in [0.4, 0.5) is 0 Å². The van der Waals surface area contributed by atoms with E-state index in [-0.39, 0.29) is 5.54 Å². The fraction of sp³-hybridized carbons (Fsp3) is 0.833. The van der Waals surface area contributed by atoms with Gasteiger partial charge in [-0.05, 0) is 40.7 Å². The summed E-state index contributed by atoms with van der Waals surface area (Å²) in [6.07, 6.45) is 1.97. The topological polar surface area (TPSA) is 32.7 Å². The standard InChI is InChI=1S/C10H19NO2.C2H6/c1-6-13-8-7-9(2,3)11(12)10(8,4)5;1-2/h7,12H,6H2,1-5H3;1-2H3. The van der Waals surface area contributed by atoms with E-state index in [1.54, 1.807) is 0 Å². The number of hydrogen-bond donors (Lipinski definition) is 1. The van der Waals surface area contributed by atoms with Gasteiger partial charge in [-0.15, -0.1) is 0 Å². The van der Waals surface area contributed by atoms with E-state index in [0.717, 1.165) is 5.76 Å². The third kappa shape index (κ3) is 2.73. The van der Waals surface area contributed by atoms with Crippen molar-refractivity contribution < 1.29 is 9.94 Å². The van der Waals surface area contributed by atoms with Gasteiger partial charge in [-0.3, -0.25) is 0 Å². The van der Waals surface area contributed by atoms with Crippen molar-refractivity contribution in [3.8, 4) is 0 Å². The summed E-state index contributed by atoms with van der Waals surface area (Å²) in [5, 5.41) is 11.2. The molecule has 0 fully saturated rings. The van der Waals surface area contributed by atoms with Crippen molar-refractivity contribution in [2.45, 2.75) is 59.5 Å². The number of hydrogen-bond acceptors (Lipinski definition) is 3. The molecule has 0 aromatic heterocycles. The van der Waals surface area contributed by atoms with Crippen LogP contribution in [0.1, 0.15) is 48.5 Å². The molecule has 0 saturated heterocycles. The van der Waals surface area contributed by atoms with E-state index in [1.807, 2.05) is 54.5 Å². The molecule has 3 nitrogen and oxygen atoms in total. The van der Waals surface area contributed by atoms with Gasteiger partial charge >= 0.3 is 0 Å². The van der Waals surface area contributed by atoms with Gasteiger partial charge < -0.3 is 9.94 Å². The lowest BCUT2D eigenvalue weighted by Crippen LogP contribution is -2.48. The van der Waals surface area contributed by atoms with Crippen molar-refractivity contribution >= 4 is 0 Å². The number of nitrogens with zero attached hydrogens (tertiary/aromatic N) is 1. The summed E-state index contributed by atoms with van der Waals surface area (Å²) in [7, 11) is 0. The molecule has 15 heavy (non-hydrogen) atoms. The largest absolute Gasteiger partial charge is 0.496 e. The predicted molar refractivity (Wildman–Crippen MR) is 62.8 cm³/mol. The van der Waals surface area contributed by atoms with Crippen LogP contribution in [0.15, 0.2) is 11.8 Å². The highest BCUT2D eigenvalue weighted by Gasteiger charge is 2.46. The van der Waals surface area contributed by atoms with Crippen LogP contribution in [0.2, 0.25) is 0 Å². The molecule has 0 amide bonds. The second-order valence-electron chi connectivity index (χ2n) is 4.47. The summed E-state index contributed by atoms with van der Waals surface area (Å²) in [6, 6.07) is 0. The zero-order valence-corrected chi connectivity index (χ0v) is 11.1. The number of hydroxylamine groups is 2. The highest BCUT2D eigenvalue weighted by Crippen LogP contribution is 2.38. The molecule has 0 bridgehead atoms. The van der Waals surface area contributed by atoms with E-state index in [4.69, 9.17) is 4.74 Å². The lowest BCUT2D eigenvalue weighted by atomic mass is 10.1. The summed E-state index contributed by atoms with van der Waals surface area (Å²) in [5.41, 5.74) is -0.756. The van der Waals surface area contributed by atoms with Crippen LogP contribution in [-0.4, -0.2) is 28.0 Å². The summed E-state index contributed by atoms with van der Waals surface area (Å²) >= 11 is 0. The summed E-state index contributed by atoms with van der Waals surface area (Å²) in [6.45, 7) is 14.4. The minimum Gasteiger partial charge on any atom is -0.496 e. The van der Waals surface area contributed by atoms with Crippen LogP contribution in [0.5, 0.6) is 0 Å². The maximum atomic E-state index is 9.88. The molecular formula is C12H25NO2. The van der Waals surface area contributed by atoms with Crippen LogP contribution >= 0.6 is 0 Å². The molecule has 1 aliphatic rings. The smallest absolute Gasteiger partial charge is 0.116 e. The molecule has 0 radical (unpaired) electrons. The van der Waals surface area contributed by atoms with Crippen molar-refractivity contribution in [3.05, 3.63) is 11.8 Å². The van der Waals surface area contributed by atoms with Gasteiger partial charge in [0.15, 0.2) is 0 Å². The summed E-state index contributed by atoms with van der Waals surface area (Å²) < 4.78 is 5.48. The van der Waals surface area contributed by atoms with Gasteiger partial charge in [-0.1, -0.05) is 13.8 Å². The predicted octanol–water partition coefficient (Wildman–Crippen LogP) is 3.20. The molecule has 1 N–H and O–H groups in total. The Balaban J connectivity index is 0.000000921. The SMILES string of the molecule is CC.CCOC1=CC(C)(C)N(O)C1(C)C. The van der Waals surface area contributed by atoms with Gasteiger partial charge in [-0.2, -0.15) is 5.06 Å². The van der Waals surface area contributed by atoms with Crippen molar-refractivity contribution in [3.63, 3.8) is 0 Å². The van der Waals surface area contributed by atoms with Crippen molar-refractivity contribution in [1.82, 2.24) is 5.06 Å². The van der Waals surface area contributed by atoms with Gasteiger partial charge in [0.05, 0.1) is 17.7 Å². The zero-order chi connectivity index (χ0) is 12.3. The Bertz CT molecular complexity index is 232. The quantitative estimate of drug-likeness (QED) is 0.768. The lowest BCUT2D eigenvalue weighted by Gasteiger charge is -2.35. The van der Waals surface area contributed by atoms with Gasteiger partial charge in [-0.25, -0.2) is 0 Å². The highest BCUT2D eigenvalue weighted by molar-refractivity contribution is 5.24. The van der Waals surface area contributed by atoms with E-state index in [9.17, 15) is 5.21 Å². The third-order valence-corrected chi connectivity index (χ3v) is 2.46. The molecule has 0 aromatic rings. The van der Waals surface area contributed by atoms with E-state index in [1.165, 1.54) is 5.06 Å². The Labute approximate surface area is 93.7 Å². The van der Waals surface area contributed by atoms with Gasteiger partial charge in [0.1, 0.15) is 5.76 Å². The fourth-order valence-corrected chi connectivity index (χ4v) is 1.76. The van der Waals surface area contributed by atoms with Crippen LogP contribution in [-0.2, 0) is 4.74 Å². The molecule has 0 spiro atoms. The Morgan fingerprint density at radius 3 is 2.00 bits per heavy atom. The minimum atomic E-state index is -0.417. The molecule has 0 atom stereocenters. The van der Waals surface area contributed by atoms with Crippen molar-refractivity contribution in [2.24, 2.45) is 0 Å². The molecule has 1 aliphatic heterocycles. The average molecular weight is 215 g/mol. The van der Waals surface area contributed by atoms with Crippen LogP contribution < -0.4 is 0 Å². The lowest BCUT2D eigenvalue weighted by molar-refractivity contribution is -0.191. The molecule has 1 heterocycles. The van der Waals surface area contributed by atoms with E-state index in [0.29, 0.717) is 6.61 Å². The highest BCUT2D eigenvalue weighted by atomic mass is 16.5. The molecule has 0 saturated carbocycles. The van der Waals surface area contributed by atoms with Crippen LogP contribution in [0.25, 0.3) is 0 Å². The van der Waals surface area contributed by atoms with Gasteiger partial charge in [0.2, 0.25) is 0 Å². The Kier molecular flexibility index (Phi) is 4.81. The minimum absolute atomic E-state index is 0.339. The molecule has 0 unspecified atom stereocenters. The molecule has 3 heteroatoms. The van der Waals surface area contributed by atoms with E-state index >= 15 is 0 Å². The second kappa shape index (κ2) is 4.99. The first-order valence-electron chi connectivity index (χ1n) is 5.67. The summed E-state index contributed by atoms with van der Waals surface area (Å²) in [4.78, 5) is 0. The Morgan fingerprint density at radius 2 is 1.73 bits per heavy atom. The normalized spacial score (nSPS) is 22.8. The average Bonchev–Trinajstić information content (AvgIpc) is 2.32. The van der Waals surface area contributed by atoms with Crippen LogP contribution in [0, 0.1) is 0 Å². The first kappa shape index (κ1) is 14.5.